The summed E-state index contributed by atoms with van der Waals surface area (Å²) in [7, 11) is 2.23. The maximum absolute atomic E-state index is 11.1. The largest absolute Gasteiger partial charge is 0.363 e. The number of primary amides is 1. The molecule has 0 unspecified atom stereocenters. The number of carbonyl (C=O) groups is 1. The van der Waals surface area contributed by atoms with Gasteiger partial charge in [0.1, 0.15) is 6.33 Å². The van der Waals surface area contributed by atoms with Crippen molar-refractivity contribution in [3.8, 4) is 0 Å². The van der Waals surface area contributed by atoms with Crippen LogP contribution in [0.2, 0.25) is 0 Å². The minimum absolute atomic E-state index is 0.115. The smallest absolute Gasteiger partial charge is 0.288 e. The summed E-state index contributed by atoms with van der Waals surface area (Å²) in [6.07, 6.45) is 7.79. The van der Waals surface area contributed by atoms with Gasteiger partial charge in [0.15, 0.2) is 0 Å². The van der Waals surface area contributed by atoms with E-state index in [2.05, 4.69) is 26.9 Å². The number of amides is 1. The minimum Gasteiger partial charge on any atom is -0.363 e. The molecule has 0 aromatic carbocycles. The third-order valence-electron chi connectivity index (χ3n) is 5.03. The predicted molar refractivity (Wildman–Crippen MR) is 83.5 cm³/mol. The van der Waals surface area contributed by atoms with Gasteiger partial charge in [-0.2, -0.15) is 0 Å². The Kier molecular flexibility index (Phi) is 4.73. The Morgan fingerprint density at radius 1 is 1.36 bits per heavy atom. The van der Waals surface area contributed by atoms with Gasteiger partial charge in [0.25, 0.3) is 5.91 Å². The van der Waals surface area contributed by atoms with Gasteiger partial charge in [-0.15, -0.1) is 5.10 Å². The second-order valence-electron chi connectivity index (χ2n) is 6.57. The van der Waals surface area contributed by atoms with Gasteiger partial charge >= 0.3 is 0 Å². The Balaban J connectivity index is 1.53. The summed E-state index contributed by atoms with van der Waals surface area (Å²) in [6.45, 7) is 4.52. The highest BCUT2D eigenvalue weighted by molar-refractivity contribution is 5.88. The molecule has 22 heavy (non-hydrogen) atoms. The lowest BCUT2D eigenvalue weighted by molar-refractivity contribution is 0.0988. The van der Waals surface area contributed by atoms with Crippen LogP contribution in [-0.2, 0) is 0 Å². The molecule has 2 N–H and O–H groups in total. The normalized spacial score (nSPS) is 27.3. The molecule has 1 aromatic rings. The van der Waals surface area contributed by atoms with E-state index in [0.29, 0.717) is 6.04 Å². The van der Waals surface area contributed by atoms with Crippen molar-refractivity contribution in [2.75, 3.05) is 33.2 Å². The summed E-state index contributed by atoms with van der Waals surface area (Å²) >= 11 is 0. The second-order valence-corrected chi connectivity index (χ2v) is 6.57. The van der Waals surface area contributed by atoms with Crippen molar-refractivity contribution in [2.45, 2.75) is 44.2 Å². The molecule has 0 aliphatic carbocycles. The van der Waals surface area contributed by atoms with E-state index in [0.717, 1.165) is 38.5 Å². The molecule has 7 nitrogen and oxygen atoms in total. The number of aromatic nitrogens is 3. The van der Waals surface area contributed by atoms with Crippen LogP contribution in [0.1, 0.15) is 48.8 Å². The van der Waals surface area contributed by atoms with E-state index >= 15 is 0 Å². The van der Waals surface area contributed by atoms with E-state index in [1.165, 1.54) is 25.8 Å². The van der Waals surface area contributed by atoms with E-state index in [1.807, 2.05) is 4.68 Å². The first-order chi connectivity index (χ1) is 10.6. The van der Waals surface area contributed by atoms with Crippen LogP contribution in [0, 0.1) is 0 Å². The van der Waals surface area contributed by atoms with Crippen LogP contribution in [0.25, 0.3) is 0 Å². The predicted octanol–water partition coefficient (Wildman–Crippen LogP) is 0.498. The lowest BCUT2D eigenvalue weighted by Crippen LogP contribution is -2.39. The molecule has 1 aromatic heterocycles. The Morgan fingerprint density at radius 3 is 2.86 bits per heavy atom. The van der Waals surface area contributed by atoms with E-state index in [-0.39, 0.29) is 5.82 Å². The third kappa shape index (κ3) is 3.47. The molecule has 122 valence electrons. The SMILES string of the molecule is CN1CCC[C@@H]1CCN1CCC[C@@H](n2cnc(C(N)=O)n2)C1. The Morgan fingerprint density at radius 2 is 2.18 bits per heavy atom. The molecule has 2 aliphatic heterocycles. The van der Waals surface area contributed by atoms with Crippen LogP contribution in [0.3, 0.4) is 0 Å². The molecule has 3 heterocycles. The van der Waals surface area contributed by atoms with Crippen LogP contribution >= 0.6 is 0 Å². The molecule has 0 spiro atoms. The summed E-state index contributed by atoms with van der Waals surface area (Å²) in [6, 6.07) is 1.05. The van der Waals surface area contributed by atoms with Crippen molar-refractivity contribution in [2.24, 2.45) is 5.73 Å². The number of carbonyl (C=O) groups excluding carboxylic acids is 1. The minimum atomic E-state index is -0.560. The van der Waals surface area contributed by atoms with Crippen molar-refractivity contribution < 1.29 is 4.79 Å². The van der Waals surface area contributed by atoms with Crippen LogP contribution in [0.5, 0.6) is 0 Å². The molecular weight excluding hydrogens is 280 g/mol. The molecule has 2 atom stereocenters. The Labute approximate surface area is 131 Å². The molecule has 1 amide bonds. The zero-order valence-electron chi connectivity index (χ0n) is 13.3. The van der Waals surface area contributed by atoms with Crippen LogP contribution < -0.4 is 5.73 Å². The molecule has 7 heteroatoms. The summed E-state index contributed by atoms with van der Waals surface area (Å²) < 4.78 is 1.81. The monoisotopic (exact) mass is 306 g/mol. The number of hydrogen-bond acceptors (Lipinski definition) is 5. The van der Waals surface area contributed by atoms with Crippen molar-refractivity contribution in [1.29, 1.82) is 0 Å². The molecular formula is C15H26N6O. The van der Waals surface area contributed by atoms with Gasteiger partial charge in [0.2, 0.25) is 5.82 Å². The fraction of sp³-hybridized carbons (Fsp3) is 0.800. The Bertz CT molecular complexity index is 516. The van der Waals surface area contributed by atoms with Gasteiger partial charge in [0, 0.05) is 12.6 Å². The Hall–Kier alpha value is -1.47. The zero-order valence-corrected chi connectivity index (χ0v) is 13.3. The summed E-state index contributed by atoms with van der Waals surface area (Å²) in [4.78, 5) is 20.1. The third-order valence-corrected chi connectivity index (χ3v) is 5.03. The molecule has 0 radical (unpaired) electrons. The fourth-order valence-electron chi connectivity index (χ4n) is 3.69. The maximum Gasteiger partial charge on any atom is 0.288 e. The quantitative estimate of drug-likeness (QED) is 0.857. The van der Waals surface area contributed by atoms with Crippen LogP contribution in [0.15, 0.2) is 6.33 Å². The van der Waals surface area contributed by atoms with E-state index in [1.54, 1.807) is 6.33 Å². The zero-order chi connectivity index (χ0) is 15.5. The van der Waals surface area contributed by atoms with Crippen molar-refractivity contribution in [3.63, 3.8) is 0 Å². The standard InChI is InChI=1S/C15H26N6O/c1-19-7-2-4-12(19)6-9-20-8-3-5-13(10-20)21-11-17-15(18-21)14(16)22/h11-13H,2-10H2,1H3,(H2,16,22)/t12-,13-/m1/s1. The van der Waals surface area contributed by atoms with Crippen molar-refractivity contribution in [1.82, 2.24) is 24.6 Å². The first kappa shape index (κ1) is 15.4. The first-order valence-electron chi connectivity index (χ1n) is 8.27. The molecule has 2 saturated heterocycles. The lowest BCUT2D eigenvalue weighted by Gasteiger charge is -2.33. The number of nitrogens with zero attached hydrogens (tertiary/aromatic N) is 5. The van der Waals surface area contributed by atoms with Gasteiger partial charge in [-0.25, -0.2) is 9.67 Å². The molecule has 2 fully saturated rings. The number of piperidine rings is 1. The van der Waals surface area contributed by atoms with Crippen LogP contribution in [0.4, 0.5) is 0 Å². The molecule has 0 saturated carbocycles. The summed E-state index contributed by atoms with van der Waals surface area (Å²) in [5, 5.41) is 4.21. The average Bonchev–Trinajstić information content (AvgIpc) is 3.14. The maximum atomic E-state index is 11.1. The summed E-state index contributed by atoms with van der Waals surface area (Å²) in [5.74, 6) is -0.444. The topological polar surface area (TPSA) is 80.3 Å². The fourth-order valence-corrected chi connectivity index (χ4v) is 3.69. The van der Waals surface area contributed by atoms with Gasteiger partial charge in [0.05, 0.1) is 6.04 Å². The van der Waals surface area contributed by atoms with E-state index in [4.69, 9.17) is 5.73 Å². The van der Waals surface area contributed by atoms with E-state index in [9.17, 15) is 4.79 Å². The van der Waals surface area contributed by atoms with Crippen LogP contribution in [-0.4, -0.2) is 69.7 Å². The number of rotatable bonds is 5. The van der Waals surface area contributed by atoms with Crippen molar-refractivity contribution >= 4 is 5.91 Å². The van der Waals surface area contributed by atoms with Gasteiger partial charge in [-0.05, 0) is 58.8 Å². The van der Waals surface area contributed by atoms with Gasteiger partial charge in [-0.1, -0.05) is 0 Å². The number of likely N-dealkylation sites (tertiary alicyclic amines) is 2. The molecule has 2 aliphatic rings. The lowest BCUT2D eigenvalue weighted by atomic mass is 10.0. The second kappa shape index (κ2) is 6.75. The highest BCUT2D eigenvalue weighted by atomic mass is 16.1. The van der Waals surface area contributed by atoms with Crippen molar-refractivity contribution in [3.05, 3.63) is 12.2 Å². The van der Waals surface area contributed by atoms with Gasteiger partial charge < -0.3 is 15.5 Å². The highest BCUT2D eigenvalue weighted by Crippen LogP contribution is 2.23. The average molecular weight is 306 g/mol. The highest BCUT2D eigenvalue weighted by Gasteiger charge is 2.25. The van der Waals surface area contributed by atoms with Gasteiger partial charge in [-0.3, -0.25) is 4.79 Å². The number of nitrogens with two attached hydrogens (primary N) is 1. The molecule has 0 bridgehead atoms. The molecule has 3 rings (SSSR count). The van der Waals surface area contributed by atoms with E-state index < -0.39 is 5.91 Å². The first-order valence-corrected chi connectivity index (χ1v) is 8.27. The number of hydrogen-bond donors (Lipinski definition) is 1. The summed E-state index contributed by atoms with van der Waals surface area (Å²) in [5.41, 5.74) is 5.22.